The summed E-state index contributed by atoms with van der Waals surface area (Å²) in [6, 6.07) is 8.41. The first-order chi connectivity index (χ1) is 11.0. The number of hydrazone groups is 1. The van der Waals surface area contributed by atoms with Gasteiger partial charge in [-0.15, -0.1) is 0 Å². The molecule has 2 aromatic carbocycles. The van der Waals surface area contributed by atoms with Crippen LogP contribution >= 0.6 is 0 Å². The van der Waals surface area contributed by atoms with E-state index in [-0.39, 0.29) is 11.3 Å². The number of nitrogens with one attached hydrogen (secondary N) is 2. The molecule has 120 valence electrons. The fourth-order valence-electron chi connectivity index (χ4n) is 1.78. The van der Waals surface area contributed by atoms with Crippen molar-refractivity contribution < 1.29 is 18.7 Å². The summed E-state index contributed by atoms with van der Waals surface area (Å²) in [6.07, 6.45) is 1.13. The van der Waals surface area contributed by atoms with Gasteiger partial charge in [0.05, 0.1) is 6.21 Å². The molecule has 0 fully saturated rings. The monoisotopic (exact) mass is 319 g/mol. The van der Waals surface area contributed by atoms with Crippen LogP contribution in [0.3, 0.4) is 0 Å². The SMILES string of the molecule is CC(Nc1cccc(F)c1)C(=O)NN=Cc1cc(F)ccc1O. The fourth-order valence-corrected chi connectivity index (χ4v) is 1.78. The van der Waals surface area contributed by atoms with Crippen molar-refractivity contribution in [2.24, 2.45) is 5.10 Å². The number of aromatic hydroxyl groups is 1. The van der Waals surface area contributed by atoms with Crippen molar-refractivity contribution in [1.82, 2.24) is 5.43 Å². The third-order valence-electron chi connectivity index (χ3n) is 2.97. The van der Waals surface area contributed by atoms with E-state index in [1.165, 1.54) is 24.3 Å². The second-order valence-corrected chi connectivity index (χ2v) is 4.81. The molecule has 0 heterocycles. The molecule has 0 aliphatic carbocycles. The molecule has 3 N–H and O–H groups in total. The van der Waals surface area contributed by atoms with Crippen molar-refractivity contribution >= 4 is 17.8 Å². The van der Waals surface area contributed by atoms with Gasteiger partial charge >= 0.3 is 0 Å². The first kappa shape index (κ1) is 16.4. The summed E-state index contributed by atoms with van der Waals surface area (Å²) in [5.74, 6) is -1.57. The molecule has 0 radical (unpaired) electrons. The van der Waals surface area contributed by atoms with Crippen LogP contribution in [0.4, 0.5) is 14.5 Å². The van der Waals surface area contributed by atoms with E-state index < -0.39 is 23.6 Å². The van der Waals surface area contributed by atoms with E-state index in [1.54, 1.807) is 13.0 Å². The van der Waals surface area contributed by atoms with E-state index in [0.29, 0.717) is 5.69 Å². The molecule has 1 unspecified atom stereocenters. The second-order valence-electron chi connectivity index (χ2n) is 4.81. The zero-order valence-electron chi connectivity index (χ0n) is 12.3. The first-order valence-corrected chi connectivity index (χ1v) is 6.79. The van der Waals surface area contributed by atoms with E-state index in [4.69, 9.17) is 0 Å². The fraction of sp³-hybridized carbons (Fsp3) is 0.125. The molecule has 2 aromatic rings. The predicted molar refractivity (Wildman–Crippen MR) is 83.3 cm³/mol. The minimum atomic E-state index is -0.671. The lowest BCUT2D eigenvalue weighted by Crippen LogP contribution is -2.34. The number of carbonyl (C=O) groups is 1. The van der Waals surface area contributed by atoms with Crippen LogP contribution in [0, 0.1) is 11.6 Å². The minimum absolute atomic E-state index is 0.135. The van der Waals surface area contributed by atoms with Crippen LogP contribution in [0.5, 0.6) is 5.75 Å². The topological polar surface area (TPSA) is 73.7 Å². The third kappa shape index (κ3) is 4.77. The van der Waals surface area contributed by atoms with E-state index in [9.17, 15) is 18.7 Å². The van der Waals surface area contributed by atoms with Crippen molar-refractivity contribution in [1.29, 1.82) is 0 Å². The van der Waals surface area contributed by atoms with Crippen molar-refractivity contribution in [2.45, 2.75) is 13.0 Å². The van der Waals surface area contributed by atoms with Gasteiger partial charge in [-0.3, -0.25) is 4.79 Å². The number of nitrogens with zero attached hydrogens (tertiary/aromatic N) is 1. The summed E-state index contributed by atoms with van der Waals surface area (Å²) >= 11 is 0. The van der Waals surface area contributed by atoms with E-state index in [2.05, 4.69) is 15.8 Å². The normalized spacial score (nSPS) is 12.1. The lowest BCUT2D eigenvalue weighted by Gasteiger charge is -2.13. The van der Waals surface area contributed by atoms with Crippen LogP contribution in [0.15, 0.2) is 47.6 Å². The largest absolute Gasteiger partial charge is 0.507 e. The number of rotatable bonds is 5. The van der Waals surface area contributed by atoms with Gasteiger partial charge in [0.2, 0.25) is 0 Å². The highest BCUT2D eigenvalue weighted by molar-refractivity contribution is 5.87. The summed E-state index contributed by atoms with van der Waals surface area (Å²) in [4.78, 5) is 11.9. The van der Waals surface area contributed by atoms with Crippen LogP contribution in [-0.2, 0) is 4.79 Å². The molecule has 5 nitrogen and oxygen atoms in total. The van der Waals surface area contributed by atoms with Gasteiger partial charge in [-0.05, 0) is 43.3 Å². The van der Waals surface area contributed by atoms with Gasteiger partial charge in [0.1, 0.15) is 23.4 Å². The summed E-state index contributed by atoms with van der Waals surface area (Å²) < 4.78 is 26.1. The molecule has 23 heavy (non-hydrogen) atoms. The molecule has 0 aliphatic rings. The molecular formula is C16H15F2N3O2. The van der Waals surface area contributed by atoms with Crippen LogP contribution in [0.1, 0.15) is 12.5 Å². The number of anilines is 1. The predicted octanol–water partition coefficient (Wildman–Crippen LogP) is 2.62. The number of amides is 1. The van der Waals surface area contributed by atoms with Gasteiger partial charge in [-0.25, -0.2) is 14.2 Å². The number of hydrogen-bond acceptors (Lipinski definition) is 4. The minimum Gasteiger partial charge on any atom is -0.507 e. The van der Waals surface area contributed by atoms with Crippen molar-refractivity contribution in [2.75, 3.05) is 5.32 Å². The molecule has 1 atom stereocenters. The van der Waals surface area contributed by atoms with E-state index >= 15 is 0 Å². The Morgan fingerprint density at radius 2 is 1.96 bits per heavy atom. The Kier molecular flexibility index (Phi) is 5.24. The zero-order valence-corrected chi connectivity index (χ0v) is 12.3. The van der Waals surface area contributed by atoms with E-state index in [1.807, 2.05) is 0 Å². The molecule has 0 saturated carbocycles. The molecule has 1 amide bonds. The standard InChI is InChI=1S/C16H15F2N3O2/c1-10(20-14-4-2-3-12(17)8-14)16(23)21-19-9-11-7-13(18)5-6-15(11)22/h2-10,20,22H,1H3,(H,21,23). The Balaban J connectivity index is 1.93. The van der Waals surface area contributed by atoms with Crippen LogP contribution < -0.4 is 10.7 Å². The first-order valence-electron chi connectivity index (χ1n) is 6.79. The highest BCUT2D eigenvalue weighted by atomic mass is 19.1. The molecule has 0 bridgehead atoms. The summed E-state index contributed by atoms with van der Waals surface area (Å²) in [5, 5.41) is 16.0. The summed E-state index contributed by atoms with van der Waals surface area (Å²) in [5.41, 5.74) is 2.85. The number of carbonyl (C=O) groups excluding carboxylic acids is 1. The highest BCUT2D eigenvalue weighted by Crippen LogP contribution is 2.15. The van der Waals surface area contributed by atoms with Gasteiger partial charge in [-0.2, -0.15) is 5.10 Å². The average molecular weight is 319 g/mol. The number of benzene rings is 2. The molecule has 0 saturated heterocycles. The molecule has 0 spiro atoms. The summed E-state index contributed by atoms with van der Waals surface area (Å²) in [7, 11) is 0. The van der Waals surface area contributed by atoms with Crippen LogP contribution in [0.2, 0.25) is 0 Å². The van der Waals surface area contributed by atoms with Crippen molar-refractivity contribution in [3.63, 3.8) is 0 Å². The Labute approximate surface area is 131 Å². The third-order valence-corrected chi connectivity index (χ3v) is 2.97. The molecule has 0 aromatic heterocycles. The smallest absolute Gasteiger partial charge is 0.262 e. The van der Waals surface area contributed by atoms with E-state index in [0.717, 1.165) is 18.3 Å². The lowest BCUT2D eigenvalue weighted by molar-refractivity contribution is -0.121. The maximum absolute atomic E-state index is 13.1. The van der Waals surface area contributed by atoms with Gasteiger partial charge in [0.15, 0.2) is 0 Å². The number of phenols is 1. The van der Waals surface area contributed by atoms with Crippen LogP contribution in [-0.4, -0.2) is 23.3 Å². The molecule has 2 rings (SSSR count). The van der Waals surface area contributed by atoms with Crippen molar-refractivity contribution in [3.05, 3.63) is 59.7 Å². The average Bonchev–Trinajstić information content (AvgIpc) is 2.50. The number of phenolic OH excluding ortho intramolecular Hbond substituents is 1. The van der Waals surface area contributed by atoms with Gasteiger partial charge in [0.25, 0.3) is 5.91 Å². The maximum Gasteiger partial charge on any atom is 0.262 e. The second kappa shape index (κ2) is 7.35. The maximum atomic E-state index is 13.1. The van der Waals surface area contributed by atoms with Gasteiger partial charge in [0, 0.05) is 11.3 Å². The molecule has 7 heteroatoms. The Morgan fingerprint density at radius 3 is 2.70 bits per heavy atom. The Bertz CT molecular complexity index is 735. The number of hydrogen-bond donors (Lipinski definition) is 3. The Hall–Kier alpha value is -2.96. The molecule has 0 aliphatic heterocycles. The van der Waals surface area contributed by atoms with Crippen LogP contribution in [0.25, 0.3) is 0 Å². The number of halogens is 2. The molecular weight excluding hydrogens is 304 g/mol. The highest BCUT2D eigenvalue weighted by Gasteiger charge is 2.12. The quantitative estimate of drug-likeness (QED) is 0.586. The Morgan fingerprint density at radius 1 is 1.22 bits per heavy atom. The van der Waals surface area contributed by atoms with Gasteiger partial charge < -0.3 is 10.4 Å². The summed E-state index contributed by atoms with van der Waals surface area (Å²) in [6.45, 7) is 1.58. The lowest BCUT2D eigenvalue weighted by atomic mass is 10.2. The van der Waals surface area contributed by atoms with Gasteiger partial charge in [-0.1, -0.05) is 6.07 Å². The van der Waals surface area contributed by atoms with Crippen molar-refractivity contribution in [3.8, 4) is 5.75 Å². The zero-order chi connectivity index (χ0) is 16.8.